The number of para-hydroxylation sites is 1. The minimum absolute atomic E-state index is 0.0614. The number of rotatable bonds is 5. The van der Waals surface area contributed by atoms with Crippen LogP contribution in [-0.4, -0.2) is 73.1 Å². The van der Waals surface area contributed by atoms with Crippen LogP contribution in [0.2, 0.25) is 5.02 Å². The van der Waals surface area contributed by atoms with Crippen LogP contribution in [0.5, 0.6) is 0 Å². The number of aliphatic hydroxyl groups is 1. The highest BCUT2D eigenvalue weighted by Crippen LogP contribution is 2.29. The number of aromatic nitrogens is 5. The number of benzene rings is 1. The largest absolute Gasteiger partial charge is 0.392 e. The van der Waals surface area contributed by atoms with Crippen LogP contribution in [0, 0.1) is 0 Å². The second-order valence-electron chi connectivity index (χ2n) is 8.99. The van der Waals surface area contributed by atoms with E-state index in [9.17, 15) is 9.90 Å². The monoisotopic (exact) mass is 484 g/mol. The summed E-state index contributed by atoms with van der Waals surface area (Å²) in [4.78, 5) is 25.0. The molecule has 0 spiro atoms. The fraction of sp³-hybridized carbons (Fsp3) is 0.478. The third-order valence-corrected chi connectivity index (χ3v) is 7.07. The molecule has 5 heterocycles. The predicted molar refractivity (Wildman–Crippen MR) is 125 cm³/mol. The molecule has 10 nitrogen and oxygen atoms in total. The highest BCUT2D eigenvalue weighted by atomic mass is 35.5. The number of aliphatic hydroxyl groups excluding tert-OH is 1. The Balaban J connectivity index is 1.45. The van der Waals surface area contributed by atoms with Crippen molar-refractivity contribution in [3.8, 4) is 11.5 Å². The minimum Gasteiger partial charge on any atom is -0.392 e. The molecule has 0 amide bonds. The van der Waals surface area contributed by atoms with E-state index in [0.717, 1.165) is 31.3 Å². The maximum absolute atomic E-state index is 13.8. The third kappa shape index (κ3) is 3.70. The number of β-amino-alcohol motifs (C(OH)–C–C–N with tert-alkyl or cyclic N) is 1. The Hall–Kier alpha value is -2.79. The quantitative estimate of drug-likeness (QED) is 0.459. The highest BCUT2D eigenvalue weighted by molar-refractivity contribution is 6.35. The van der Waals surface area contributed by atoms with Gasteiger partial charge in [-0.2, -0.15) is 4.98 Å². The molecule has 2 fully saturated rings. The fourth-order valence-electron chi connectivity index (χ4n) is 5.01. The van der Waals surface area contributed by atoms with Crippen LogP contribution in [0.4, 0.5) is 0 Å². The Kier molecular flexibility index (Phi) is 5.60. The van der Waals surface area contributed by atoms with Crippen LogP contribution >= 0.6 is 11.6 Å². The van der Waals surface area contributed by atoms with Gasteiger partial charge in [-0.15, -0.1) is 0 Å². The molecular weight excluding hydrogens is 460 g/mol. The van der Waals surface area contributed by atoms with Crippen molar-refractivity contribution >= 4 is 28.2 Å². The Morgan fingerprint density at radius 1 is 1.21 bits per heavy atom. The van der Waals surface area contributed by atoms with E-state index in [-0.39, 0.29) is 23.4 Å². The van der Waals surface area contributed by atoms with Gasteiger partial charge in [0.15, 0.2) is 0 Å². The molecule has 2 atom stereocenters. The number of fused-ring (bicyclic) bond motifs is 3. The lowest BCUT2D eigenvalue weighted by atomic mass is 10.1. The second kappa shape index (κ2) is 8.77. The SMILES string of the molecule is O=c1c2c(-c3noc(C4CCOC4)n3)ncn2c2cccc(Cl)c2n1CCN1CCCC(O)C1. The normalized spacial score (nSPS) is 21.7. The van der Waals surface area contributed by atoms with Crippen LogP contribution in [0.15, 0.2) is 33.8 Å². The Morgan fingerprint density at radius 2 is 2.12 bits per heavy atom. The number of hydrogen-bond donors (Lipinski definition) is 1. The predicted octanol–water partition coefficient (Wildman–Crippen LogP) is 2.31. The first-order valence-electron chi connectivity index (χ1n) is 11.6. The molecular formula is C23H25ClN6O4. The van der Waals surface area contributed by atoms with E-state index in [0.29, 0.717) is 60.5 Å². The van der Waals surface area contributed by atoms with Gasteiger partial charge in [-0.1, -0.05) is 22.8 Å². The number of hydrogen-bond acceptors (Lipinski definition) is 8. The van der Waals surface area contributed by atoms with Gasteiger partial charge in [0.2, 0.25) is 11.7 Å². The minimum atomic E-state index is -0.326. The topological polar surface area (TPSA) is 111 Å². The molecule has 0 aliphatic carbocycles. The van der Waals surface area contributed by atoms with Crippen molar-refractivity contribution < 1.29 is 14.4 Å². The van der Waals surface area contributed by atoms with E-state index in [1.54, 1.807) is 21.4 Å². The van der Waals surface area contributed by atoms with Crippen molar-refractivity contribution in [2.45, 2.75) is 37.8 Å². The van der Waals surface area contributed by atoms with E-state index in [4.69, 9.17) is 20.9 Å². The molecule has 6 rings (SSSR count). The van der Waals surface area contributed by atoms with Gasteiger partial charge in [-0.3, -0.25) is 14.1 Å². The maximum atomic E-state index is 13.8. The molecule has 178 valence electrons. The summed E-state index contributed by atoms with van der Waals surface area (Å²) >= 11 is 6.58. The average Bonchev–Trinajstić information content (AvgIpc) is 3.59. The summed E-state index contributed by atoms with van der Waals surface area (Å²) in [6, 6.07) is 5.55. The summed E-state index contributed by atoms with van der Waals surface area (Å²) in [5.41, 5.74) is 1.96. The van der Waals surface area contributed by atoms with Gasteiger partial charge in [0, 0.05) is 26.2 Å². The van der Waals surface area contributed by atoms with Crippen LogP contribution < -0.4 is 5.56 Å². The van der Waals surface area contributed by atoms with Crippen molar-refractivity contribution in [1.82, 2.24) is 29.0 Å². The summed E-state index contributed by atoms with van der Waals surface area (Å²) in [6.07, 6.45) is 3.86. The van der Waals surface area contributed by atoms with E-state index < -0.39 is 0 Å². The molecule has 11 heteroatoms. The standard InChI is InChI=1S/C23H25ClN6O4/c24-16-4-1-5-17-19(16)29(9-8-28-7-2-3-15(31)11-28)23(32)20-18(25-13-30(17)20)21-26-22(34-27-21)14-6-10-33-12-14/h1,4-5,13-15,31H,2-3,6-12H2. The molecule has 2 aliphatic heterocycles. The molecule has 2 aliphatic rings. The smallest absolute Gasteiger partial charge is 0.277 e. The van der Waals surface area contributed by atoms with Gasteiger partial charge in [-0.25, -0.2) is 4.98 Å². The third-order valence-electron chi connectivity index (χ3n) is 6.76. The molecule has 1 aromatic carbocycles. The number of ether oxygens (including phenoxy) is 1. The van der Waals surface area contributed by atoms with Crippen LogP contribution in [0.25, 0.3) is 28.1 Å². The number of piperidine rings is 1. The number of likely N-dealkylation sites (tertiary alicyclic amines) is 1. The molecule has 0 saturated carbocycles. The van der Waals surface area contributed by atoms with E-state index in [2.05, 4.69) is 20.0 Å². The molecule has 2 saturated heterocycles. The summed E-state index contributed by atoms with van der Waals surface area (Å²) in [7, 11) is 0. The molecule has 3 aromatic heterocycles. The zero-order valence-corrected chi connectivity index (χ0v) is 19.3. The lowest BCUT2D eigenvalue weighted by Gasteiger charge is -2.30. The van der Waals surface area contributed by atoms with Gasteiger partial charge >= 0.3 is 0 Å². The van der Waals surface area contributed by atoms with Crippen molar-refractivity contribution in [1.29, 1.82) is 0 Å². The first kappa shape index (κ1) is 21.7. The van der Waals surface area contributed by atoms with Crippen LogP contribution in [0.3, 0.4) is 0 Å². The van der Waals surface area contributed by atoms with Crippen molar-refractivity contribution in [3.63, 3.8) is 0 Å². The van der Waals surface area contributed by atoms with E-state index in [1.807, 2.05) is 12.1 Å². The van der Waals surface area contributed by atoms with Gasteiger partial charge in [0.1, 0.15) is 17.5 Å². The summed E-state index contributed by atoms with van der Waals surface area (Å²) in [5, 5.41) is 14.6. The first-order valence-corrected chi connectivity index (χ1v) is 12.0. The van der Waals surface area contributed by atoms with Crippen LogP contribution in [-0.2, 0) is 11.3 Å². The number of nitrogens with zero attached hydrogens (tertiary/aromatic N) is 6. The molecule has 4 aromatic rings. The van der Waals surface area contributed by atoms with Gasteiger partial charge < -0.3 is 18.9 Å². The zero-order chi connectivity index (χ0) is 23.2. The van der Waals surface area contributed by atoms with Gasteiger partial charge in [-0.05, 0) is 37.9 Å². The zero-order valence-electron chi connectivity index (χ0n) is 18.6. The van der Waals surface area contributed by atoms with Crippen molar-refractivity contribution in [3.05, 3.63) is 45.8 Å². The lowest BCUT2D eigenvalue weighted by molar-refractivity contribution is 0.0690. The average molecular weight is 485 g/mol. The summed E-state index contributed by atoms with van der Waals surface area (Å²) < 4.78 is 14.4. The number of halogens is 1. The molecule has 34 heavy (non-hydrogen) atoms. The fourth-order valence-corrected chi connectivity index (χ4v) is 5.28. The maximum Gasteiger partial charge on any atom is 0.277 e. The molecule has 0 radical (unpaired) electrons. The molecule has 0 bridgehead atoms. The van der Waals surface area contributed by atoms with Gasteiger partial charge in [0.25, 0.3) is 5.56 Å². The Bertz CT molecular complexity index is 1410. The van der Waals surface area contributed by atoms with Gasteiger partial charge in [0.05, 0.1) is 34.7 Å². The van der Waals surface area contributed by atoms with E-state index in [1.165, 1.54) is 0 Å². The molecule has 2 unspecified atom stereocenters. The Morgan fingerprint density at radius 3 is 2.94 bits per heavy atom. The lowest BCUT2D eigenvalue weighted by Crippen LogP contribution is -2.41. The first-order chi connectivity index (χ1) is 16.6. The Labute approximate surface area is 199 Å². The summed E-state index contributed by atoms with van der Waals surface area (Å²) in [5.74, 6) is 0.848. The summed E-state index contributed by atoms with van der Waals surface area (Å²) in [6.45, 7) is 3.79. The molecule has 1 N–H and O–H groups in total. The number of imidazole rings is 1. The van der Waals surface area contributed by atoms with Crippen molar-refractivity contribution in [2.75, 3.05) is 32.8 Å². The van der Waals surface area contributed by atoms with E-state index >= 15 is 0 Å². The highest BCUT2D eigenvalue weighted by Gasteiger charge is 2.27. The van der Waals surface area contributed by atoms with Crippen molar-refractivity contribution in [2.24, 2.45) is 0 Å². The second-order valence-corrected chi connectivity index (χ2v) is 9.40. The van der Waals surface area contributed by atoms with Crippen LogP contribution in [0.1, 0.15) is 31.1 Å².